The molecule has 0 aromatic carbocycles. The number of urea groups is 1. The van der Waals surface area contributed by atoms with Crippen LogP contribution in [0.3, 0.4) is 0 Å². The van der Waals surface area contributed by atoms with Gasteiger partial charge in [0, 0.05) is 6.54 Å². The van der Waals surface area contributed by atoms with Gasteiger partial charge in [-0.15, -0.1) is 0 Å². The van der Waals surface area contributed by atoms with Crippen LogP contribution < -0.4 is 5.32 Å². The number of carbonyl (C=O) groups is 2. The minimum absolute atomic E-state index is 0.170. The van der Waals surface area contributed by atoms with Crippen molar-refractivity contribution in [1.82, 2.24) is 10.2 Å². The second-order valence-electron chi connectivity index (χ2n) is 4.73. The van der Waals surface area contributed by atoms with Crippen molar-refractivity contribution < 1.29 is 9.59 Å². The summed E-state index contributed by atoms with van der Waals surface area (Å²) in [7, 11) is 0. The third-order valence-corrected chi connectivity index (χ3v) is 3.25. The molecule has 4 heteroatoms. The van der Waals surface area contributed by atoms with Gasteiger partial charge in [-0.1, -0.05) is 19.8 Å². The molecule has 0 aromatic heterocycles. The Kier molecular flexibility index (Phi) is 2.21. The molecule has 1 aliphatic heterocycles. The summed E-state index contributed by atoms with van der Waals surface area (Å²) in [5.41, 5.74) is 0.238. The highest BCUT2D eigenvalue weighted by atomic mass is 16.2. The van der Waals surface area contributed by atoms with Crippen molar-refractivity contribution in [2.75, 3.05) is 13.1 Å². The van der Waals surface area contributed by atoms with Gasteiger partial charge in [-0.3, -0.25) is 10.1 Å². The van der Waals surface area contributed by atoms with E-state index in [2.05, 4.69) is 12.2 Å². The molecule has 1 saturated carbocycles. The first-order chi connectivity index (χ1) is 6.59. The number of imide groups is 1. The van der Waals surface area contributed by atoms with Gasteiger partial charge >= 0.3 is 6.03 Å². The van der Waals surface area contributed by atoms with Crippen LogP contribution in [0.25, 0.3) is 0 Å². The molecule has 0 radical (unpaired) electrons. The average molecular weight is 196 g/mol. The Labute approximate surface area is 83.6 Å². The maximum atomic E-state index is 11.3. The van der Waals surface area contributed by atoms with E-state index in [1.807, 2.05) is 0 Å². The zero-order valence-electron chi connectivity index (χ0n) is 8.51. The Morgan fingerprint density at radius 2 is 2.00 bits per heavy atom. The van der Waals surface area contributed by atoms with Gasteiger partial charge in [0.1, 0.15) is 6.54 Å². The number of hydrogen-bond donors (Lipinski definition) is 1. The Morgan fingerprint density at radius 1 is 1.36 bits per heavy atom. The largest absolute Gasteiger partial charge is 0.324 e. The second-order valence-corrected chi connectivity index (χ2v) is 4.73. The van der Waals surface area contributed by atoms with E-state index in [1.54, 1.807) is 4.90 Å². The van der Waals surface area contributed by atoms with Gasteiger partial charge in [0.2, 0.25) is 5.91 Å². The first-order valence-electron chi connectivity index (χ1n) is 5.18. The van der Waals surface area contributed by atoms with Crippen LogP contribution in [0.4, 0.5) is 4.79 Å². The first kappa shape index (κ1) is 9.49. The summed E-state index contributed by atoms with van der Waals surface area (Å²) >= 11 is 0. The van der Waals surface area contributed by atoms with Crippen molar-refractivity contribution >= 4 is 11.9 Å². The van der Waals surface area contributed by atoms with Gasteiger partial charge < -0.3 is 4.90 Å². The number of nitrogens with zero attached hydrogens (tertiary/aromatic N) is 1. The molecule has 1 saturated heterocycles. The van der Waals surface area contributed by atoms with Crippen molar-refractivity contribution in [3.63, 3.8) is 0 Å². The fourth-order valence-corrected chi connectivity index (χ4v) is 2.46. The van der Waals surface area contributed by atoms with Crippen molar-refractivity contribution in [2.45, 2.75) is 32.6 Å². The molecule has 0 unspecified atom stereocenters. The Morgan fingerprint density at radius 3 is 2.50 bits per heavy atom. The first-order valence-corrected chi connectivity index (χ1v) is 5.18. The number of rotatable bonds is 2. The lowest BCUT2D eigenvalue weighted by atomic mass is 9.88. The minimum Gasteiger partial charge on any atom is -0.315 e. The molecule has 0 spiro atoms. The monoisotopic (exact) mass is 196 g/mol. The Balaban J connectivity index is 1.97. The molecule has 1 heterocycles. The maximum absolute atomic E-state index is 11.3. The Bertz CT molecular complexity index is 269. The molecule has 0 atom stereocenters. The molecular formula is C10H16N2O2. The highest BCUT2D eigenvalue weighted by molar-refractivity contribution is 6.01. The lowest BCUT2D eigenvalue weighted by Crippen LogP contribution is -2.36. The van der Waals surface area contributed by atoms with Crippen LogP contribution in [-0.2, 0) is 4.79 Å². The predicted octanol–water partition coefficient (Wildman–Crippen LogP) is 1.12. The molecule has 78 valence electrons. The standard InChI is InChI=1S/C10H16N2O2/c1-10(4-2-3-5-10)7-12-6-8(13)11-9(12)14/h2-7H2,1H3,(H,11,13,14). The summed E-state index contributed by atoms with van der Waals surface area (Å²) in [6.45, 7) is 3.18. The number of carbonyl (C=O) groups excluding carboxylic acids is 2. The molecule has 4 nitrogen and oxygen atoms in total. The fourth-order valence-electron chi connectivity index (χ4n) is 2.46. The van der Waals surface area contributed by atoms with Crippen LogP contribution >= 0.6 is 0 Å². The molecule has 1 aliphatic carbocycles. The Hall–Kier alpha value is -1.06. The van der Waals surface area contributed by atoms with Crippen molar-refractivity contribution in [1.29, 1.82) is 0 Å². The molecule has 2 aliphatic rings. The summed E-state index contributed by atoms with van der Waals surface area (Å²) in [5, 5.41) is 2.31. The quantitative estimate of drug-likeness (QED) is 0.673. The molecule has 14 heavy (non-hydrogen) atoms. The topological polar surface area (TPSA) is 49.4 Å². The molecule has 0 aromatic rings. The third kappa shape index (κ3) is 1.74. The van der Waals surface area contributed by atoms with Crippen LogP contribution in [0.5, 0.6) is 0 Å². The number of hydrogen-bond acceptors (Lipinski definition) is 2. The average Bonchev–Trinajstić information content (AvgIpc) is 2.61. The lowest BCUT2D eigenvalue weighted by molar-refractivity contribution is -0.118. The summed E-state index contributed by atoms with van der Waals surface area (Å²) < 4.78 is 0. The number of amides is 3. The van der Waals surface area contributed by atoms with E-state index >= 15 is 0 Å². The smallest absolute Gasteiger partial charge is 0.315 e. The number of nitrogens with one attached hydrogen (secondary N) is 1. The van der Waals surface area contributed by atoms with Gasteiger partial charge in [-0.05, 0) is 18.3 Å². The van der Waals surface area contributed by atoms with Gasteiger partial charge in [0.25, 0.3) is 0 Å². The van der Waals surface area contributed by atoms with Gasteiger partial charge in [-0.2, -0.15) is 0 Å². The van der Waals surface area contributed by atoms with E-state index in [9.17, 15) is 9.59 Å². The van der Waals surface area contributed by atoms with E-state index in [0.29, 0.717) is 0 Å². The fraction of sp³-hybridized carbons (Fsp3) is 0.800. The van der Waals surface area contributed by atoms with Crippen molar-refractivity contribution in [3.05, 3.63) is 0 Å². The summed E-state index contributed by atoms with van der Waals surface area (Å²) in [6.07, 6.45) is 4.84. The van der Waals surface area contributed by atoms with E-state index in [0.717, 1.165) is 6.54 Å². The molecular weight excluding hydrogens is 180 g/mol. The third-order valence-electron chi connectivity index (χ3n) is 3.25. The SMILES string of the molecule is CC1(CN2CC(=O)NC2=O)CCCC1. The molecule has 2 fully saturated rings. The minimum atomic E-state index is -0.219. The molecule has 3 amide bonds. The van der Waals surface area contributed by atoms with Crippen molar-refractivity contribution in [3.8, 4) is 0 Å². The molecule has 1 N–H and O–H groups in total. The second kappa shape index (κ2) is 3.26. The zero-order chi connectivity index (χ0) is 10.2. The van der Waals surface area contributed by atoms with Crippen LogP contribution in [0.1, 0.15) is 32.6 Å². The summed E-state index contributed by atoms with van der Waals surface area (Å²) in [4.78, 5) is 23.9. The van der Waals surface area contributed by atoms with Crippen LogP contribution in [-0.4, -0.2) is 29.9 Å². The van der Waals surface area contributed by atoms with E-state index in [1.165, 1.54) is 25.7 Å². The molecule has 2 rings (SSSR count). The summed E-state index contributed by atoms with van der Waals surface area (Å²) in [6, 6.07) is -0.219. The van der Waals surface area contributed by atoms with Crippen LogP contribution in [0, 0.1) is 5.41 Å². The van der Waals surface area contributed by atoms with E-state index in [4.69, 9.17) is 0 Å². The van der Waals surface area contributed by atoms with E-state index < -0.39 is 0 Å². The van der Waals surface area contributed by atoms with Gasteiger partial charge in [0.05, 0.1) is 0 Å². The lowest BCUT2D eigenvalue weighted by Gasteiger charge is -2.28. The highest BCUT2D eigenvalue weighted by Gasteiger charge is 2.35. The predicted molar refractivity (Wildman–Crippen MR) is 51.7 cm³/mol. The zero-order valence-corrected chi connectivity index (χ0v) is 8.51. The highest BCUT2D eigenvalue weighted by Crippen LogP contribution is 2.38. The van der Waals surface area contributed by atoms with Gasteiger partial charge in [0.15, 0.2) is 0 Å². The summed E-state index contributed by atoms with van der Waals surface area (Å²) in [5.74, 6) is -0.170. The maximum Gasteiger partial charge on any atom is 0.324 e. The van der Waals surface area contributed by atoms with Crippen molar-refractivity contribution in [2.24, 2.45) is 5.41 Å². The molecule has 0 bridgehead atoms. The normalized spacial score (nSPS) is 25.6. The van der Waals surface area contributed by atoms with Crippen LogP contribution in [0.15, 0.2) is 0 Å². The van der Waals surface area contributed by atoms with E-state index in [-0.39, 0.29) is 23.9 Å². The van der Waals surface area contributed by atoms with Gasteiger partial charge in [-0.25, -0.2) is 4.79 Å². The van der Waals surface area contributed by atoms with Crippen LogP contribution in [0.2, 0.25) is 0 Å².